The lowest BCUT2D eigenvalue weighted by atomic mass is 9.95. The summed E-state index contributed by atoms with van der Waals surface area (Å²) < 4.78 is 5.09. The van der Waals surface area contributed by atoms with E-state index < -0.39 is 0 Å². The van der Waals surface area contributed by atoms with E-state index in [1.165, 1.54) is 11.1 Å². The molecule has 1 aromatic rings. The molecule has 2 rings (SSSR count). The first-order valence-electron chi connectivity index (χ1n) is 6.57. The SMILES string of the molecule is O=C(NCCOCCO)[C@H]1Cc2ccccc2CN1. The summed E-state index contributed by atoms with van der Waals surface area (Å²) >= 11 is 0. The van der Waals surface area contributed by atoms with Gasteiger partial charge in [0.1, 0.15) is 0 Å². The van der Waals surface area contributed by atoms with E-state index in [9.17, 15) is 4.79 Å². The number of aliphatic hydroxyl groups is 1. The highest BCUT2D eigenvalue weighted by Crippen LogP contribution is 2.16. The number of fused-ring (bicyclic) bond motifs is 1. The van der Waals surface area contributed by atoms with E-state index in [0.29, 0.717) is 19.8 Å². The van der Waals surface area contributed by atoms with Gasteiger partial charge in [0.25, 0.3) is 0 Å². The number of hydrogen-bond donors (Lipinski definition) is 3. The molecule has 0 saturated heterocycles. The summed E-state index contributed by atoms with van der Waals surface area (Å²) in [6.07, 6.45) is 0.722. The van der Waals surface area contributed by atoms with Crippen LogP contribution < -0.4 is 10.6 Å². The third-order valence-electron chi connectivity index (χ3n) is 3.18. The van der Waals surface area contributed by atoms with Gasteiger partial charge in [-0.05, 0) is 17.5 Å². The Morgan fingerprint density at radius 3 is 2.95 bits per heavy atom. The summed E-state index contributed by atoms with van der Waals surface area (Å²) in [6, 6.07) is 7.99. The number of carbonyl (C=O) groups excluding carboxylic acids is 1. The van der Waals surface area contributed by atoms with Crippen molar-refractivity contribution in [1.82, 2.24) is 10.6 Å². The summed E-state index contributed by atoms with van der Waals surface area (Å²) in [5.74, 6) is 0.00195. The van der Waals surface area contributed by atoms with Gasteiger partial charge in [-0.15, -0.1) is 0 Å². The van der Waals surface area contributed by atoms with Crippen molar-refractivity contribution in [3.8, 4) is 0 Å². The average Bonchev–Trinajstić information content (AvgIpc) is 2.46. The lowest BCUT2D eigenvalue weighted by Crippen LogP contribution is -2.48. The second kappa shape index (κ2) is 7.23. The Morgan fingerprint density at radius 1 is 1.37 bits per heavy atom. The average molecular weight is 264 g/mol. The molecule has 1 heterocycles. The molecule has 0 aliphatic carbocycles. The van der Waals surface area contributed by atoms with Gasteiger partial charge in [-0.2, -0.15) is 0 Å². The number of aliphatic hydroxyl groups excluding tert-OH is 1. The standard InChI is InChI=1S/C14H20N2O3/c17-6-8-19-7-5-15-14(18)13-9-11-3-1-2-4-12(11)10-16-13/h1-4,13,16-17H,5-10H2,(H,15,18)/t13-/m1/s1. The van der Waals surface area contributed by atoms with Crippen LogP contribution in [0.25, 0.3) is 0 Å². The highest BCUT2D eigenvalue weighted by Gasteiger charge is 2.23. The van der Waals surface area contributed by atoms with E-state index in [-0.39, 0.29) is 18.6 Å². The minimum absolute atomic E-state index is 0.00195. The van der Waals surface area contributed by atoms with E-state index >= 15 is 0 Å². The van der Waals surface area contributed by atoms with Crippen LogP contribution in [0.2, 0.25) is 0 Å². The molecule has 5 nitrogen and oxygen atoms in total. The molecular weight excluding hydrogens is 244 g/mol. The molecule has 1 amide bonds. The second-order valence-electron chi connectivity index (χ2n) is 4.53. The molecule has 3 N–H and O–H groups in total. The first-order chi connectivity index (χ1) is 9.31. The Hall–Kier alpha value is -1.43. The smallest absolute Gasteiger partial charge is 0.237 e. The zero-order chi connectivity index (χ0) is 13.5. The molecule has 0 radical (unpaired) electrons. The minimum Gasteiger partial charge on any atom is -0.394 e. The van der Waals surface area contributed by atoms with Gasteiger partial charge in [0.2, 0.25) is 5.91 Å². The number of ether oxygens (including phenoxy) is 1. The van der Waals surface area contributed by atoms with Gasteiger partial charge in [0.15, 0.2) is 0 Å². The van der Waals surface area contributed by atoms with Gasteiger partial charge in [-0.3, -0.25) is 4.79 Å². The van der Waals surface area contributed by atoms with Crippen molar-refractivity contribution >= 4 is 5.91 Å². The molecule has 5 heteroatoms. The third kappa shape index (κ3) is 4.02. The first-order valence-corrected chi connectivity index (χ1v) is 6.57. The molecular formula is C14H20N2O3. The van der Waals surface area contributed by atoms with E-state index in [0.717, 1.165) is 13.0 Å². The molecule has 1 aromatic carbocycles. The molecule has 0 saturated carbocycles. The molecule has 0 fully saturated rings. The van der Waals surface area contributed by atoms with Crippen molar-refractivity contribution in [1.29, 1.82) is 0 Å². The van der Waals surface area contributed by atoms with Crippen LogP contribution in [0.1, 0.15) is 11.1 Å². The van der Waals surface area contributed by atoms with E-state index in [1.54, 1.807) is 0 Å². The van der Waals surface area contributed by atoms with Crippen molar-refractivity contribution in [3.63, 3.8) is 0 Å². The molecule has 1 aliphatic heterocycles. The third-order valence-corrected chi connectivity index (χ3v) is 3.18. The maximum atomic E-state index is 12.0. The van der Waals surface area contributed by atoms with Gasteiger partial charge >= 0.3 is 0 Å². The second-order valence-corrected chi connectivity index (χ2v) is 4.53. The van der Waals surface area contributed by atoms with Crippen LogP contribution in [0.3, 0.4) is 0 Å². The lowest BCUT2D eigenvalue weighted by Gasteiger charge is -2.25. The highest BCUT2D eigenvalue weighted by molar-refractivity contribution is 5.82. The van der Waals surface area contributed by atoms with Crippen LogP contribution >= 0.6 is 0 Å². The van der Waals surface area contributed by atoms with Crippen molar-refractivity contribution in [2.45, 2.75) is 19.0 Å². The van der Waals surface area contributed by atoms with Crippen molar-refractivity contribution < 1.29 is 14.6 Å². The van der Waals surface area contributed by atoms with E-state index in [4.69, 9.17) is 9.84 Å². The predicted octanol–water partition coefficient (Wildman–Crippen LogP) is -0.174. The van der Waals surface area contributed by atoms with Gasteiger partial charge < -0.3 is 20.5 Å². The summed E-state index contributed by atoms with van der Waals surface area (Å²) in [7, 11) is 0. The summed E-state index contributed by atoms with van der Waals surface area (Å²) in [4.78, 5) is 12.0. The molecule has 0 spiro atoms. The molecule has 0 unspecified atom stereocenters. The molecule has 1 atom stereocenters. The van der Waals surface area contributed by atoms with Crippen LogP contribution in [0.4, 0.5) is 0 Å². The Bertz CT molecular complexity index is 423. The van der Waals surface area contributed by atoms with Crippen LogP contribution in [0.5, 0.6) is 0 Å². The van der Waals surface area contributed by atoms with Crippen LogP contribution in [-0.4, -0.2) is 43.4 Å². The monoisotopic (exact) mass is 264 g/mol. The number of hydrogen-bond acceptors (Lipinski definition) is 4. The largest absolute Gasteiger partial charge is 0.394 e. The van der Waals surface area contributed by atoms with E-state index in [2.05, 4.69) is 22.8 Å². The Kier molecular flexibility index (Phi) is 5.32. The quantitative estimate of drug-likeness (QED) is 0.624. The molecule has 0 bridgehead atoms. The zero-order valence-electron chi connectivity index (χ0n) is 10.9. The van der Waals surface area contributed by atoms with Gasteiger partial charge in [0, 0.05) is 13.1 Å². The van der Waals surface area contributed by atoms with Crippen LogP contribution in [0, 0.1) is 0 Å². The molecule has 0 aromatic heterocycles. The highest BCUT2D eigenvalue weighted by atomic mass is 16.5. The van der Waals surface area contributed by atoms with Gasteiger partial charge in [-0.25, -0.2) is 0 Å². The lowest BCUT2D eigenvalue weighted by molar-refractivity contribution is -0.123. The Morgan fingerprint density at radius 2 is 2.16 bits per heavy atom. The normalized spacial score (nSPS) is 17.8. The summed E-state index contributed by atoms with van der Waals surface area (Å²) in [5.41, 5.74) is 2.50. The maximum Gasteiger partial charge on any atom is 0.237 e. The fourth-order valence-corrected chi connectivity index (χ4v) is 2.18. The Labute approximate surface area is 113 Å². The van der Waals surface area contributed by atoms with Crippen LogP contribution in [0.15, 0.2) is 24.3 Å². The van der Waals surface area contributed by atoms with Crippen molar-refractivity contribution in [2.24, 2.45) is 0 Å². The van der Waals surface area contributed by atoms with Gasteiger partial charge in [0.05, 0.1) is 25.9 Å². The molecule has 104 valence electrons. The van der Waals surface area contributed by atoms with Crippen LogP contribution in [-0.2, 0) is 22.5 Å². The topological polar surface area (TPSA) is 70.6 Å². The first kappa shape index (κ1) is 14.0. The number of benzene rings is 1. The number of rotatable bonds is 6. The summed E-state index contributed by atoms with van der Waals surface area (Å²) in [5, 5.41) is 14.6. The fraction of sp³-hybridized carbons (Fsp3) is 0.500. The Balaban J connectivity index is 1.76. The maximum absolute atomic E-state index is 12.0. The fourth-order valence-electron chi connectivity index (χ4n) is 2.18. The molecule has 1 aliphatic rings. The predicted molar refractivity (Wildman–Crippen MR) is 71.7 cm³/mol. The van der Waals surface area contributed by atoms with Crippen molar-refractivity contribution in [2.75, 3.05) is 26.4 Å². The van der Waals surface area contributed by atoms with Crippen molar-refractivity contribution in [3.05, 3.63) is 35.4 Å². The van der Waals surface area contributed by atoms with E-state index in [1.807, 2.05) is 12.1 Å². The summed E-state index contributed by atoms with van der Waals surface area (Å²) in [6.45, 7) is 1.95. The molecule has 19 heavy (non-hydrogen) atoms. The minimum atomic E-state index is -0.173. The number of nitrogens with one attached hydrogen (secondary N) is 2. The zero-order valence-corrected chi connectivity index (χ0v) is 10.9. The number of carbonyl (C=O) groups is 1. The van der Waals surface area contributed by atoms with Gasteiger partial charge in [-0.1, -0.05) is 24.3 Å². The number of amides is 1.